The molecule has 136 valence electrons. The molecule has 1 saturated carbocycles. The largest absolute Gasteiger partial charge is 0.426 e. The Hall–Kier alpha value is -1.28. The fraction of sp³-hybridized carbons (Fsp3) is 0.625. The summed E-state index contributed by atoms with van der Waals surface area (Å²) in [6.07, 6.45) is -11.8. The molecule has 0 heterocycles. The number of hydrogen-bond acceptors (Lipinski definition) is 2. The van der Waals surface area contributed by atoms with Gasteiger partial charge in [0.15, 0.2) is 0 Å². The fourth-order valence-electron chi connectivity index (χ4n) is 3.20. The van der Waals surface area contributed by atoms with E-state index in [0.29, 0.717) is 6.54 Å². The predicted molar refractivity (Wildman–Crippen MR) is 76.1 cm³/mol. The Morgan fingerprint density at radius 1 is 0.875 bits per heavy atom. The molecule has 24 heavy (non-hydrogen) atoms. The second kappa shape index (κ2) is 6.92. The van der Waals surface area contributed by atoms with Crippen LogP contribution in [0.1, 0.15) is 31.2 Å². The minimum absolute atomic E-state index is 0.159. The maximum Gasteiger partial charge on any atom is 0.426 e. The zero-order chi connectivity index (χ0) is 18.0. The number of benzene rings is 1. The molecule has 0 atom stereocenters. The quantitative estimate of drug-likeness (QED) is 0.794. The van der Waals surface area contributed by atoms with E-state index in [1.165, 1.54) is 0 Å². The van der Waals surface area contributed by atoms with E-state index in [1.54, 1.807) is 0 Å². The Bertz CT molecular complexity index is 506. The molecule has 1 aromatic rings. The summed E-state index contributed by atoms with van der Waals surface area (Å²) in [6.45, 7) is 0.499. The summed E-state index contributed by atoms with van der Waals surface area (Å²) in [5, 5.41) is 12.6. The first-order chi connectivity index (χ1) is 11.1. The van der Waals surface area contributed by atoms with Crippen LogP contribution in [0.4, 0.5) is 26.3 Å². The Morgan fingerprint density at radius 2 is 1.38 bits per heavy atom. The van der Waals surface area contributed by atoms with Gasteiger partial charge in [-0.3, -0.25) is 0 Å². The van der Waals surface area contributed by atoms with Gasteiger partial charge in [-0.1, -0.05) is 30.3 Å². The van der Waals surface area contributed by atoms with Crippen LogP contribution < -0.4 is 5.32 Å². The van der Waals surface area contributed by atoms with Crippen molar-refractivity contribution in [3.05, 3.63) is 35.9 Å². The Labute approximate surface area is 135 Å². The maximum absolute atomic E-state index is 12.9. The predicted octanol–water partition coefficient (Wildman–Crippen LogP) is 4.19. The van der Waals surface area contributed by atoms with Crippen LogP contribution in [0.5, 0.6) is 0 Å². The third-order valence-electron chi connectivity index (χ3n) is 4.62. The first kappa shape index (κ1) is 19.1. The van der Waals surface area contributed by atoms with E-state index in [4.69, 9.17) is 0 Å². The van der Waals surface area contributed by atoms with Crippen molar-refractivity contribution in [2.45, 2.75) is 56.2 Å². The van der Waals surface area contributed by atoms with E-state index in [1.807, 2.05) is 30.3 Å². The van der Waals surface area contributed by atoms with Gasteiger partial charge < -0.3 is 10.4 Å². The van der Waals surface area contributed by atoms with Crippen LogP contribution in [-0.4, -0.2) is 29.1 Å². The lowest BCUT2D eigenvalue weighted by molar-refractivity contribution is -0.387. The molecule has 0 radical (unpaired) electrons. The molecule has 0 spiro atoms. The highest BCUT2D eigenvalue weighted by Gasteiger charge is 2.73. The standard InChI is InChI=1S/C16H19F6NO/c17-15(18,19)14(24,16(20,21)22)12-6-8-13(9-7-12)23-10-11-4-2-1-3-5-11/h1-5,12-13,23-24H,6-10H2. The lowest BCUT2D eigenvalue weighted by atomic mass is 9.74. The van der Waals surface area contributed by atoms with Crippen molar-refractivity contribution in [2.24, 2.45) is 5.92 Å². The summed E-state index contributed by atoms with van der Waals surface area (Å²) in [5.41, 5.74) is -3.65. The van der Waals surface area contributed by atoms with Crippen molar-refractivity contribution in [2.75, 3.05) is 0 Å². The van der Waals surface area contributed by atoms with Gasteiger partial charge in [0.1, 0.15) is 0 Å². The van der Waals surface area contributed by atoms with Gasteiger partial charge in [0, 0.05) is 18.5 Å². The molecule has 1 aliphatic rings. The number of rotatable bonds is 4. The van der Waals surface area contributed by atoms with E-state index >= 15 is 0 Å². The van der Waals surface area contributed by atoms with Gasteiger partial charge in [-0.15, -0.1) is 0 Å². The molecule has 0 unspecified atom stereocenters. The molecule has 8 heteroatoms. The summed E-state index contributed by atoms with van der Waals surface area (Å²) < 4.78 is 77.2. The van der Waals surface area contributed by atoms with Crippen LogP contribution in [0.15, 0.2) is 30.3 Å². The van der Waals surface area contributed by atoms with Crippen LogP contribution in [0.25, 0.3) is 0 Å². The number of halogens is 6. The van der Waals surface area contributed by atoms with Crippen LogP contribution >= 0.6 is 0 Å². The molecule has 2 nitrogen and oxygen atoms in total. The third kappa shape index (κ3) is 3.85. The van der Waals surface area contributed by atoms with Gasteiger partial charge in [0.2, 0.25) is 0 Å². The van der Waals surface area contributed by atoms with Gasteiger partial charge in [-0.05, 0) is 31.2 Å². The highest BCUT2D eigenvalue weighted by Crippen LogP contribution is 2.51. The van der Waals surface area contributed by atoms with Crippen molar-refractivity contribution in [3.8, 4) is 0 Å². The highest BCUT2D eigenvalue weighted by atomic mass is 19.4. The normalized spacial score (nSPS) is 23.3. The minimum atomic E-state index is -5.74. The van der Waals surface area contributed by atoms with Crippen molar-refractivity contribution in [1.29, 1.82) is 0 Å². The second-order valence-electron chi connectivity index (χ2n) is 6.18. The Balaban J connectivity index is 1.96. The highest BCUT2D eigenvalue weighted by molar-refractivity contribution is 5.14. The smallest absolute Gasteiger partial charge is 0.373 e. The topological polar surface area (TPSA) is 32.3 Å². The molecule has 0 aromatic heterocycles. The molecule has 2 rings (SSSR count). The molecule has 1 fully saturated rings. The molecular weight excluding hydrogens is 336 g/mol. The molecule has 0 aliphatic heterocycles. The molecule has 0 amide bonds. The Morgan fingerprint density at radius 3 is 1.83 bits per heavy atom. The minimum Gasteiger partial charge on any atom is -0.373 e. The number of alkyl halides is 6. The zero-order valence-electron chi connectivity index (χ0n) is 12.8. The van der Waals surface area contributed by atoms with Gasteiger partial charge in [-0.2, -0.15) is 26.3 Å². The average molecular weight is 355 g/mol. The van der Waals surface area contributed by atoms with Crippen molar-refractivity contribution in [1.82, 2.24) is 5.32 Å². The fourth-order valence-corrected chi connectivity index (χ4v) is 3.20. The lowest BCUT2D eigenvalue weighted by Gasteiger charge is -2.42. The van der Waals surface area contributed by atoms with Gasteiger partial charge in [0.25, 0.3) is 5.60 Å². The van der Waals surface area contributed by atoms with Crippen LogP contribution in [0, 0.1) is 5.92 Å². The first-order valence-electron chi connectivity index (χ1n) is 7.69. The van der Waals surface area contributed by atoms with Crippen LogP contribution in [-0.2, 0) is 6.54 Å². The first-order valence-corrected chi connectivity index (χ1v) is 7.69. The van der Waals surface area contributed by atoms with E-state index in [2.05, 4.69) is 5.32 Å². The number of aliphatic hydroxyl groups is 1. The van der Waals surface area contributed by atoms with Crippen molar-refractivity contribution in [3.63, 3.8) is 0 Å². The summed E-state index contributed by atoms with van der Waals surface area (Å²) in [6, 6.07) is 9.15. The zero-order valence-corrected chi connectivity index (χ0v) is 12.8. The van der Waals surface area contributed by atoms with Gasteiger partial charge >= 0.3 is 12.4 Å². The van der Waals surface area contributed by atoms with Crippen LogP contribution in [0.2, 0.25) is 0 Å². The van der Waals surface area contributed by atoms with Crippen molar-refractivity contribution < 1.29 is 31.4 Å². The SMILES string of the molecule is OC(C1CCC(NCc2ccccc2)CC1)(C(F)(F)F)C(F)(F)F. The molecule has 0 bridgehead atoms. The number of nitrogens with one attached hydrogen (secondary N) is 1. The number of hydrogen-bond donors (Lipinski definition) is 2. The molecule has 2 N–H and O–H groups in total. The lowest BCUT2D eigenvalue weighted by Crippen LogP contribution is -2.62. The van der Waals surface area contributed by atoms with Gasteiger partial charge in [-0.25, -0.2) is 0 Å². The summed E-state index contributed by atoms with van der Waals surface area (Å²) in [7, 11) is 0. The molecule has 1 aliphatic carbocycles. The molecule has 1 aromatic carbocycles. The van der Waals surface area contributed by atoms with E-state index in [0.717, 1.165) is 5.56 Å². The summed E-state index contributed by atoms with van der Waals surface area (Å²) in [4.78, 5) is 0. The van der Waals surface area contributed by atoms with E-state index in [-0.39, 0.29) is 31.7 Å². The van der Waals surface area contributed by atoms with Crippen molar-refractivity contribution >= 4 is 0 Å². The molecule has 0 saturated heterocycles. The van der Waals surface area contributed by atoms with E-state index in [9.17, 15) is 31.4 Å². The summed E-state index contributed by atoms with van der Waals surface area (Å²) in [5.74, 6) is -1.87. The third-order valence-corrected chi connectivity index (χ3v) is 4.62. The molecular formula is C16H19F6NO. The average Bonchev–Trinajstić information content (AvgIpc) is 2.51. The second-order valence-corrected chi connectivity index (χ2v) is 6.18. The Kier molecular flexibility index (Phi) is 5.49. The van der Waals surface area contributed by atoms with Gasteiger partial charge in [0.05, 0.1) is 0 Å². The van der Waals surface area contributed by atoms with Crippen LogP contribution in [0.3, 0.4) is 0 Å². The maximum atomic E-state index is 12.9. The summed E-state index contributed by atoms with van der Waals surface area (Å²) >= 11 is 0. The monoisotopic (exact) mass is 355 g/mol. The van der Waals surface area contributed by atoms with E-state index < -0.39 is 23.9 Å².